The van der Waals surface area contributed by atoms with Crippen LogP contribution in [0.5, 0.6) is 23.0 Å². The molecule has 0 radical (unpaired) electrons. The molecule has 9 rings (SSSR count). The van der Waals surface area contributed by atoms with Crippen LogP contribution in [-0.2, 0) is 21.7 Å². The molecule has 0 N–H and O–H groups in total. The van der Waals surface area contributed by atoms with Crippen molar-refractivity contribution in [3.05, 3.63) is 143 Å². The molecule has 0 saturated heterocycles. The second-order valence-corrected chi connectivity index (χ2v) is 19.5. The Morgan fingerprint density at radius 2 is 1.05 bits per heavy atom. The molecule has 1 aliphatic carbocycles. The Bertz CT molecular complexity index is 2450. The number of ether oxygens (including phenoxy) is 2. The van der Waals surface area contributed by atoms with E-state index < -0.39 is 0 Å². The number of rotatable bonds is 3. The maximum absolute atomic E-state index is 7.33. The average molecular weight is 722 g/mol. The molecule has 4 heteroatoms. The average Bonchev–Trinajstić information content (AvgIpc) is 3.36. The number of nitrogens with zero attached hydrogens (tertiary/aromatic N) is 1. The minimum atomic E-state index is -0.241. The molecular weight excluding hydrogens is 669 g/mol. The van der Waals surface area contributed by atoms with Crippen LogP contribution < -0.4 is 30.8 Å². The van der Waals surface area contributed by atoms with Gasteiger partial charge in [0.1, 0.15) is 23.0 Å². The van der Waals surface area contributed by atoms with E-state index in [9.17, 15) is 0 Å². The molecule has 0 bridgehead atoms. The number of anilines is 3. The Hall–Kier alpha value is -5.22. The van der Waals surface area contributed by atoms with Crippen LogP contribution in [0.2, 0.25) is 0 Å². The molecule has 276 valence electrons. The van der Waals surface area contributed by atoms with Gasteiger partial charge in [0.2, 0.25) is 0 Å². The van der Waals surface area contributed by atoms with Crippen molar-refractivity contribution in [3.63, 3.8) is 0 Å². The summed E-state index contributed by atoms with van der Waals surface area (Å²) in [5.41, 5.74) is 15.6. The van der Waals surface area contributed by atoms with Gasteiger partial charge in [-0.15, -0.1) is 0 Å². The molecule has 0 saturated carbocycles. The van der Waals surface area contributed by atoms with Gasteiger partial charge in [0.05, 0.1) is 5.69 Å². The van der Waals surface area contributed by atoms with E-state index in [4.69, 9.17) is 9.47 Å². The van der Waals surface area contributed by atoms with Gasteiger partial charge >= 0.3 is 0 Å². The summed E-state index contributed by atoms with van der Waals surface area (Å²) in [5.74, 6) is 3.52. The minimum Gasteiger partial charge on any atom is -0.458 e. The zero-order chi connectivity index (χ0) is 38.8. The van der Waals surface area contributed by atoms with E-state index in [1.807, 2.05) is 0 Å². The van der Waals surface area contributed by atoms with Crippen molar-refractivity contribution in [2.45, 2.75) is 97.8 Å². The molecule has 55 heavy (non-hydrogen) atoms. The molecule has 6 aromatic rings. The first-order chi connectivity index (χ1) is 25.9. The third-order valence-corrected chi connectivity index (χ3v) is 12.3. The third kappa shape index (κ3) is 5.54. The van der Waals surface area contributed by atoms with E-state index in [0.717, 1.165) is 45.5 Å². The molecule has 3 aliphatic rings. The highest BCUT2D eigenvalue weighted by atomic mass is 16.5. The van der Waals surface area contributed by atoms with Crippen molar-refractivity contribution in [1.82, 2.24) is 0 Å². The fourth-order valence-corrected chi connectivity index (χ4v) is 9.02. The van der Waals surface area contributed by atoms with Crippen LogP contribution >= 0.6 is 0 Å². The highest BCUT2D eigenvalue weighted by Crippen LogP contribution is 2.58. The Balaban J connectivity index is 1.40. The van der Waals surface area contributed by atoms with Gasteiger partial charge in [0.15, 0.2) is 0 Å². The maximum atomic E-state index is 7.33. The van der Waals surface area contributed by atoms with E-state index >= 15 is 0 Å². The largest absolute Gasteiger partial charge is 0.458 e. The zero-order valence-corrected chi connectivity index (χ0v) is 34.3. The van der Waals surface area contributed by atoms with Crippen molar-refractivity contribution in [1.29, 1.82) is 0 Å². The van der Waals surface area contributed by atoms with Gasteiger partial charge in [-0.25, -0.2) is 0 Å². The minimum absolute atomic E-state index is 0.0230. The summed E-state index contributed by atoms with van der Waals surface area (Å²) >= 11 is 0. The standard InChI is InChI=1S/C51H52BNO2/c1-48(2,3)31-19-24-34(25-20-31)53(35-26-21-32(22-27-35)49(4,5)6)46-44-36-15-12-13-16-37(36)51(10,11)38(44)30-40-47(46)55-43-18-14-17-42-45(43)52(40)39-29-33(50(7,8)9)23-28-41(39)54-42/h12-30H,1-11H3. The lowest BCUT2D eigenvalue weighted by Gasteiger charge is -2.38. The van der Waals surface area contributed by atoms with Crippen LogP contribution in [-0.4, -0.2) is 6.71 Å². The summed E-state index contributed by atoms with van der Waals surface area (Å²) in [6.45, 7) is 25.2. The van der Waals surface area contributed by atoms with Gasteiger partial charge in [-0.1, -0.05) is 149 Å². The molecule has 6 aromatic carbocycles. The summed E-state index contributed by atoms with van der Waals surface area (Å²) < 4.78 is 14.0. The van der Waals surface area contributed by atoms with Gasteiger partial charge in [0.25, 0.3) is 6.71 Å². The number of hydrogen-bond acceptors (Lipinski definition) is 3. The third-order valence-electron chi connectivity index (χ3n) is 12.3. The lowest BCUT2D eigenvalue weighted by molar-refractivity contribution is 0.464. The molecule has 0 spiro atoms. The number of benzene rings is 6. The Morgan fingerprint density at radius 1 is 0.509 bits per heavy atom. The summed E-state index contributed by atoms with van der Waals surface area (Å²) in [6, 6.07) is 42.9. The monoisotopic (exact) mass is 721 g/mol. The summed E-state index contributed by atoms with van der Waals surface area (Å²) in [6.07, 6.45) is 0. The zero-order valence-electron chi connectivity index (χ0n) is 34.3. The van der Waals surface area contributed by atoms with Crippen LogP contribution in [0, 0.1) is 0 Å². The SMILES string of the molecule is CC(C)(C)c1ccc(N(c2ccc(C(C)(C)C)cc2)c2c3c(cc4c2-c2ccccc2C4(C)C)B2c4cc(C(C)(C)C)ccc4Oc4cccc(c42)O3)cc1. The van der Waals surface area contributed by atoms with Crippen LogP contribution in [0.1, 0.15) is 104 Å². The first-order valence-electron chi connectivity index (χ1n) is 19.9. The van der Waals surface area contributed by atoms with E-state index in [-0.39, 0.29) is 28.4 Å². The van der Waals surface area contributed by atoms with Crippen LogP contribution in [0.3, 0.4) is 0 Å². The second-order valence-electron chi connectivity index (χ2n) is 19.5. The fourth-order valence-electron chi connectivity index (χ4n) is 9.02. The van der Waals surface area contributed by atoms with Crippen molar-refractivity contribution in [2.75, 3.05) is 4.90 Å². The predicted octanol–water partition coefficient (Wildman–Crippen LogP) is 12.1. The van der Waals surface area contributed by atoms with E-state index in [1.54, 1.807) is 0 Å². The Morgan fingerprint density at radius 3 is 1.64 bits per heavy atom. The molecule has 0 aromatic heterocycles. The maximum Gasteiger partial charge on any atom is 0.260 e. The molecule has 3 nitrogen and oxygen atoms in total. The summed E-state index contributed by atoms with van der Waals surface area (Å²) in [7, 11) is 0. The predicted molar refractivity (Wildman–Crippen MR) is 232 cm³/mol. The molecule has 0 unspecified atom stereocenters. The lowest BCUT2D eigenvalue weighted by Crippen LogP contribution is -2.58. The molecule has 0 amide bonds. The highest BCUT2D eigenvalue weighted by molar-refractivity contribution is 6.98. The normalized spacial score (nSPS) is 14.9. The molecule has 0 fully saturated rings. The van der Waals surface area contributed by atoms with Crippen molar-refractivity contribution < 1.29 is 9.47 Å². The van der Waals surface area contributed by atoms with Crippen LogP contribution in [0.25, 0.3) is 11.1 Å². The number of hydrogen-bond donors (Lipinski definition) is 0. The first kappa shape index (κ1) is 35.5. The summed E-state index contributed by atoms with van der Waals surface area (Å²) in [5, 5.41) is 0. The molecule has 2 heterocycles. The summed E-state index contributed by atoms with van der Waals surface area (Å²) in [4.78, 5) is 2.47. The van der Waals surface area contributed by atoms with Gasteiger partial charge < -0.3 is 14.4 Å². The highest BCUT2D eigenvalue weighted by Gasteiger charge is 2.47. The Labute approximate surface area is 328 Å². The van der Waals surface area contributed by atoms with Gasteiger partial charge in [-0.05, 0) is 103 Å². The van der Waals surface area contributed by atoms with Gasteiger partial charge in [-0.2, -0.15) is 0 Å². The van der Waals surface area contributed by atoms with Gasteiger partial charge in [0, 0.05) is 27.8 Å². The Kier molecular flexibility index (Phi) is 7.67. The second kappa shape index (κ2) is 11.9. The first-order valence-corrected chi connectivity index (χ1v) is 19.9. The fraction of sp³-hybridized carbons (Fsp3) is 0.294. The van der Waals surface area contributed by atoms with Crippen molar-refractivity contribution in [2.24, 2.45) is 0 Å². The van der Waals surface area contributed by atoms with E-state index in [1.165, 1.54) is 49.9 Å². The smallest absolute Gasteiger partial charge is 0.260 e. The van der Waals surface area contributed by atoms with Crippen LogP contribution in [0.4, 0.5) is 17.1 Å². The molecular formula is C51H52BNO2. The van der Waals surface area contributed by atoms with Crippen molar-refractivity contribution >= 4 is 40.2 Å². The van der Waals surface area contributed by atoms with E-state index in [2.05, 4.69) is 196 Å². The van der Waals surface area contributed by atoms with Crippen LogP contribution in [0.15, 0.2) is 115 Å². The van der Waals surface area contributed by atoms with Gasteiger partial charge in [-0.3, -0.25) is 0 Å². The topological polar surface area (TPSA) is 21.7 Å². The molecule has 0 atom stereocenters. The lowest BCUT2D eigenvalue weighted by atomic mass is 9.34. The quantitative estimate of drug-likeness (QED) is 0.170. The van der Waals surface area contributed by atoms with E-state index in [0.29, 0.717) is 0 Å². The van der Waals surface area contributed by atoms with Crippen molar-refractivity contribution in [3.8, 4) is 34.1 Å². The number of fused-ring (bicyclic) bond motifs is 7. The molecule has 2 aliphatic heterocycles.